The molecule has 130 valence electrons. The average molecular weight is 437 g/mol. The lowest BCUT2D eigenvalue weighted by Crippen LogP contribution is -2.40. The molecule has 23 heavy (non-hydrogen) atoms. The maximum atomic E-state index is 13.6. The first kappa shape index (κ1) is 20.1. The van der Waals surface area contributed by atoms with Crippen molar-refractivity contribution < 1.29 is 8.78 Å². The first-order valence-electron chi connectivity index (χ1n) is 7.88. The van der Waals surface area contributed by atoms with Gasteiger partial charge in [-0.3, -0.25) is 4.99 Å². The molecule has 0 unspecified atom stereocenters. The monoisotopic (exact) mass is 437 g/mol. The molecular weight excluding hydrogens is 411 g/mol. The van der Waals surface area contributed by atoms with Gasteiger partial charge in [0.2, 0.25) is 0 Å². The van der Waals surface area contributed by atoms with Gasteiger partial charge in [0.1, 0.15) is 11.6 Å². The van der Waals surface area contributed by atoms with Crippen molar-refractivity contribution in [1.82, 2.24) is 10.2 Å². The maximum absolute atomic E-state index is 13.6. The van der Waals surface area contributed by atoms with Gasteiger partial charge in [0.05, 0.1) is 0 Å². The number of nitrogens with one attached hydrogen (secondary N) is 1. The van der Waals surface area contributed by atoms with Gasteiger partial charge in [-0.25, -0.2) is 8.78 Å². The predicted molar refractivity (Wildman–Crippen MR) is 101 cm³/mol. The summed E-state index contributed by atoms with van der Waals surface area (Å²) in [6, 6.07) is 3.70. The van der Waals surface area contributed by atoms with Gasteiger partial charge in [-0.2, -0.15) is 0 Å². The molecule has 1 saturated heterocycles. The lowest BCUT2D eigenvalue weighted by Gasteiger charge is -2.23. The fourth-order valence-corrected chi connectivity index (χ4v) is 2.73. The van der Waals surface area contributed by atoms with Crippen LogP contribution in [0.15, 0.2) is 23.2 Å². The molecule has 1 heterocycles. The summed E-state index contributed by atoms with van der Waals surface area (Å²) in [6.07, 6.45) is 1.61. The van der Waals surface area contributed by atoms with Crippen LogP contribution in [0.4, 0.5) is 8.78 Å². The number of hydrogen-bond acceptors (Lipinski definition) is 1. The minimum Gasteiger partial charge on any atom is -0.357 e. The second-order valence-corrected chi connectivity index (χ2v) is 6.56. The topological polar surface area (TPSA) is 27.6 Å². The van der Waals surface area contributed by atoms with Crippen LogP contribution >= 0.6 is 24.0 Å². The zero-order valence-electron chi connectivity index (χ0n) is 14.0. The summed E-state index contributed by atoms with van der Waals surface area (Å²) in [5.41, 5.74) is 0.807. The van der Waals surface area contributed by atoms with Gasteiger partial charge in [-0.05, 0) is 36.8 Å². The van der Waals surface area contributed by atoms with E-state index in [-0.39, 0.29) is 24.0 Å². The molecule has 1 fully saturated rings. The number of nitrogens with zero attached hydrogens (tertiary/aromatic N) is 2. The summed E-state index contributed by atoms with van der Waals surface area (Å²) in [7, 11) is 0. The number of hydrogen-bond donors (Lipinski definition) is 1. The number of aliphatic imine (C=N–C) groups is 1. The van der Waals surface area contributed by atoms with E-state index in [0.29, 0.717) is 23.9 Å². The zero-order chi connectivity index (χ0) is 16.2. The molecule has 3 nitrogen and oxygen atoms in total. The highest BCUT2D eigenvalue weighted by Crippen LogP contribution is 2.28. The lowest BCUT2D eigenvalue weighted by atomic mass is 9.93. The van der Waals surface area contributed by atoms with E-state index in [1.165, 1.54) is 12.1 Å². The van der Waals surface area contributed by atoms with Crippen LogP contribution in [0.2, 0.25) is 0 Å². The average Bonchev–Trinajstić information content (AvgIpc) is 2.80. The largest absolute Gasteiger partial charge is 0.357 e. The molecule has 0 aliphatic carbocycles. The van der Waals surface area contributed by atoms with Crippen molar-refractivity contribution in [3.63, 3.8) is 0 Å². The van der Waals surface area contributed by atoms with Gasteiger partial charge >= 0.3 is 0 Å². The van der Waals surface area contributed by atoms with Crippen molar-refractivity contribution in [2.45, 2.75) is 33.6 Å². The normalized spacial score (nSPS) is 17.1. The summed E-state index contributed by atoms with van der Waals surface area (Å²) in [5.74, 6) is -0.157. The van der Waals surface area contributed by atoms with Crippen LogP contribution in [0, 0.1) is 17.0 Å². The highest BCUT2D eigenvalue weighted by atomic mass is 127. The summed E-state index contributed by atoms with van der Waals surface area (Å²) < 4.78 is 26.5. The van der Waals surface area contributed by atoms with E-state index >= 15 is 0 Å². The third kappa shape index (κ3) is 5.90. The van der Waals surface area contributed by atoms with Crippen molar-refractivity contribution in [3.8, 4) is 0 Å². The Morgan fingerprint density at radius 1 is 1.35 bits per heavy atom. The Kier molecular flexibility index (Phi) is 7.70. The standard InChI is InChI=1S/C17H25F2N3.HI/c1-4-20-16(22-10-8-17(2,3)12-22)21-9-7-13-5-6-14(18)11-15(13)19;/h5-6,11H,4,7-10,12H2,1-3H3,(H,20,21);1H. The van der Waals surface area contributed by atoms with E-state index in [0.717, 1.165) is 38.1 Å². The van der Waals surface area contributed by atoms with Crippen LogP contribution in [-0.2, 0) is 6.42 Å². The van der Waals surface area contributed by atoms with E-state index < -0.39 is 11.6 Å². The molecule has 2 rings (SSSR count). The Balaban J connectivity index is 0.00000264. The molecule has 1 aliphatic rings. The summed E-state index contributed by atoms with van der Waals surface area (Å²) in [6.45, 7) is 9.81. The highest BCUT2D eigenvalue weighted by Gasteiger charge is 2.30. The quantitative estimate of drug-likeness (QED) is 0.441. The SMILES string of the molecule is CCNC(=NCCc1ccc(F)cc1F)N1CCC(C)(C)C1.I. The van der Waals surface area contributed by atoms with Crippen LogP contribution in [0.5, 0.6) is 0 Å². The van der Waals surface area contributed by atoms with E-state index in [9.17, 15) is 8.78 Å². The molecular formula is C17H26F2IN3. The maximum Gasteiger partial charge on any atom is 0.193 e. The van der Waals surface area contributed by atoms with Crippen LogP contribution < -0.4 is 5.32 Å². The molecule has 0 bridgehead atoms. The third-order valence-corrected chi connectivity index (χ3v) is 3.97. The van der Waals surface area contributed by atoms with Crippen molar-refractivity contribution in [2.75, 3.05) is 26.2 Å². The predicted octanol–water partition coefficient (Wildman–Crippen LogP) is 3.82. The molecule has 6 heteroatoms. The van der Waals surface area contributed by atoms with Crippen molar-refractivity contribution >= 4 is 29.9 Å². The van der Waals surface area contributed by atoms with Gasteiger partial charge in [0.25, 0.3) is 0 Å². The number of benzene rings is 1. The van der Waals surface area contributed by atoms with Crippen LogP contribution in [0.25, 0.3) is 0 Å². The summed E-state index contributed by atoms with van der Waals surface area (Å²) >= 11 is 0. The second kappa shape index (κ2) is 8.80. The molecule has 0 saturated carbocycles. The van der Waals surface area contributed by atoms with Gasteiger partial charge < -0.3 is 10.2 Å². The Morgan fingerprint density at radius 2 is 2.09 bits per heavy atom. The van der Waals surface area contributed by atoms with Gasteiger partial charge in [-0.15, -0.1) is 24.0 Å². The molecule has 1 aromatic rings. The van der Waals surface area contributed by atoms with E-state index in [2.05, 4.69) is 29.1 Å². The molecule has 0 atom stereocenters. The molecule has 0 spiro atoms. The molecule has 1 aliphatic heterocycles. The lowest BCUT2D eigenvalue weighted by molar-refractivity contribution is 0.370. The minimum atomic E-state index is -0.544. The smallest absolute Gasteiger partial charge is 0.193 e. The molecule has 0 radical (unpaired) electrons. The highest BCUT2D eigenvalue weighted by molar-refractivity contribution is 14.0. The van der Waals surface area contributed by atoms with E-state index in [4.69, 9.17) is 0 Å². The van der Waals surface area contributed by atoms with Crippen molar-refractivity contribution in [1.29, 1.82) is 0 Å². The van der Waals surface area contributed by atoms with Gasteiger partial charge in [-0.1, -0.05) is 19.9 Å². The first-order valence-corrected chi connectivity index (χ1v) is 7.88. The number of halogens is 3. The third-order valence-electron chi connectivity index (χ3n) is 3.97. The molecule has 0 aromatic heterocycles. The van der Waals surface area contributed by atoms with E-state index in [1.54, 1.807) is 0 Å². The van der Waals surface area contributed by atoms with Gasteiger partial charge in [0.15, 0.2) is 5.96 Å². The zero-order valence-corrected chi connectivity index (χ0v) is 16.4. The van der Waals surface area contributed by atoms with Crippen LogP contribution in [0.3, 0.4) is 0 Å². The summed E-state index contributed by atoms with van der Waals surface area (Å²) in [4.78, 5) is 6.85. The fourth-order valence-electron chi connectivity index (χ4n) is 2.73. The van der Waals surface area contributed by atoms with E-state index in [1.807, 2.05) is 6.92 Å². The number of guanidine groups is 1. The molecule has 0 amide bonds. The Bertz CT molecular complexity index is 547. The molecule has 1 N–H and O–H groups in total. The number of likely N-dealkylation sites (tertiary alicyclic amines) is 1. The van der Waals surface area contributed by atoms with Crippen molar-refractivity contribution in [2.24, 2.45) is 10.4 Å². The fraction of sp³-hybridized carbons (Fsp3) is 0.588. The Labute approximate surface area is 154 Å². The molecule has 1 aromatic carbocycles. The first-order chi connectivity index (χ1) is 10.4. The van der Waals surface area contributed by atoms with Crippen LogP contribution in [-0.4, -0.2) is 37.0 Å². The number of rotatable bonds is 4. The minimum absolute atomic E-state index is 0. The Hall–Kier alpha value is -0.920. The van der Waals surface area contributed by atoms with Crippen molar-refractivity contribution in [3.05, 3.63) is 35.4 Å². The second-order valence-electron chi connectivity index (χ2n) is 6.56. The Morgan fingerprint density at radius 3 is 2.65 bits per heavy atom. The summed E-state index contributed by atoms with van der Waals surface area (Å²) in [5, 5.41) is 3.29. The van der Waals surface area contributed by atoms with Gasteiger partial charge in [0, 0.05) is 32.2 Å². The van der Waals surface area contributed by atoms with Crippen LogP contribution in [0.1, 0.15) is 32.8 Å².